The van der Waals surface area contributed by atoms with E-state index < -0.39 is 0 Å². The van der Waals surface area contributed by atoms with E-state index in [1.54, 1.807) is 6.07 Å². The third-order valence-electron chi connectivity index (χ3n) is 4.28. The maximum Gasteiger partial charge on any atom is 0.251 e. The van der Waals surface area contributed by atoms with Crippen LogP contribution in [0.3, 0.4) is 0 Å². The molecule has 3 nitrogen and oxygen atoms in total. The number of rotatable bonds is 2. The molecule has 1 saturated carbocycles. The SMILES string of the molecule is Cc1cc(N)ccc1C(=O)NC1CCC(C)C1C. The van der Waals surface area contributed by atoms with E-state index in [9.17, 15) is 4.79 Å². The van der Waals surface area contributed by atoms with Crippen molar-refractivity contribution in [3.05, 3.63) is 29.3 Å². The molecule has 18 heavy (non-hydrogen) atoms. The summed E-state index contributed by atoms with van der Waals surface area (Å²) in [5.74, 6) is 1.28. The van der Waals surface area contributed by atoms with E-state index in [0.717, 1.165) is 17.5 Å². The number of nitrogen functional groups attached to an aromatic ring is 1. The van der Waals surface area contributed by atoms with E-state index in [-0.39, 0.29) is 5.91 Å². The third-order valence-corrected chi connectivity index (χ3v) is 4.28. The fourth-order valence-electron chi connectivity index (χ4n) is 2.76. The van der Waals surface area contributed by atoms with Crippen LogP contribution in [0.15, 0.2) is 18.2 Å². The van der Waals surface area contributed by atoms with E-state index in [1.807, 2.05) is 19.1 Å². The Bertz CT molecular complexity index is 456. The first-order valence-electron chi connectivity index (χ1n) is 6.66. The van der Waals surface area contributed by atoms with Gasteiger partial charge in [-0.3, -0.25) is 4.79 Å². The second-order valence-electron chi connectivity index (χ2n) is 5.57. The van der Waals surface area contributed by atoms with Gasteiger partial charge >= 0.3 is 0 Å². The Kier molecular flexibility index (Phi) is 3.60. The number of hydrogen-bond donors (Lipinski definition) is 2. The van der Waals surface area contributed by atoms with Crippen molar-refractivity contribution in [1.29, 1.82) is 0 Å². The number of benzene rings is 1. The molecule has 1 aromatic rings. The smallest absolute Gasteiger partial charge is 0.251 e. The zero-order valence-electron chi connectivity index (χ0n) is 11.4. The van der Waals surface area contributed by atoms with Crippen molar-refractivity contribution in [2.75, 3.05) is 5.73 Å². The minimum absolute atomic E-state index is 0.0263. The van der Waals surface area contributed by atoms with Gasteiger partial charge in [-0.2, -0.15) is 0 Å². The van der Waals surface area contributed by atoms with Gasteiger partial charge in [0.1, 0.15) is 0 Å². The molecular weight excluding hydrogens is 224 g/mol. The predicted molar refractivity (Wildman–Crippen MR) is 74.4 cm³/mol. The summed E-state index contributed by atoms with van der Waals surface area (Å²) in [4.78, 5) is 12.2. The normalized spacial score (nSPS) is 27.2. The molecule has 1 aliphatic carbocycles. The lowest BCUT2D eigenvalue weighted by Gasteiger charge is -2.20. The number of anilines is 1. The second-order valence-corrected chi connectivity index (χ2v) is 5.57. The lowest BCUT2D eigenvalue weighted by molar-refractivity contribution is 0.0927. The molecule has 1 amide bonds. The van der Waals surface area contributed by atoms with Gasteiger partial charge in [-0.1, -0.05) is 13.8 Å². The van der Waals surface area contributed by atoms with Crippen molar-refractivity contribution in [1.82, 2.24) is 5.32 Å². The van der Waals surface area contributed by atoms with Crippen LogP contribution in [0, 0.1) is 18.8 Å². The minimum Gasteiger partial charge on any atom is -0.399 e. The first kappa shape index (κ1) is 12.9. The largest absolute Gasteiger partial charge is 0.399 e. The Hall–Kier alpha value is -1.51. The molecule has 3 heteroatoms. The number of aryl methyl sites for hydroxylation is 1. The molecule has 1 aromatic carbocycles. The van der Waals surface area contributed by atoms with Crippen LogP contribution >= 0.6 is 0 Å². The van der Waals surface area contributed by atoms with Crippen LogP contribution in [0.4, 0.5) is 5.69 Å². The Balaban J connectivity index is 2.08. The number of hydrogen-bond acceptors (Lipinski definition) is 2. The summed E-state index contributed by atoms with van der Waals surface area (Å²) in [5, 5.41) is 3.16. The molecule has 0 bridgehead atoms. The summed E-state index contributed by atoms with van der Waals surface area (Å²) in [5.41, 5.74) is 8.07. The fraction of sp³-hybridized carbons (Fsp3) is 0.533. The highest BCUT2D eigenvalue weighted by molar-refractivity contribution is 5.96. The number of carbonyl (C=O) groups is 1. The lowest BCUT2D eigenvalue weighted by Crippen LogP contribution is -2.37. The number of amides is 1. The first-order valence-corrected chi connectivity index (χ1v) is 6.66. The van der Waals surface area contributed by atoms with Gasteiger partial charge in [-0.15, -0.1) is 0 Å². The van der Waals surface area contributed by atoms with Gasteiger partial charge in [0.2, 0.25) is 0 Å². The average Bonchev–Trinajstić information content (AvgIpc) is 2.61. The summed E-state index contributed by atoms with van der Waals surface area (Å²) in [6.45, 7) is 6.40. The van der Waals surface area contributed by atoms with Gasteiger partial charge in [0.05, 0.1) is 0 Å². The maximum atomic E-state index is 12.2. The standard InChI is InChI=1S/C15H22N2O/c1-9-4-7-14(11(9)3)17-15(18)13-6-5-12(16)8-10(13)2/h5-6,8-9,11,14H,4,7,16H2,1-3H3,(H,17,18). The van der Waals surface area contributed by atoms with E-state index in [2.05, 4.69) is 19.2 Å². The molecule has 3 atom stereocenters. The number of carbonyl (C=O) groups excluding carboxylic acids is 1. The molecule has 1 fully saturated rings. The molecule has 3 N–H and O–H groups in total. The van der Waals surface area contributed by atoms with Crippen LogP contribution in [0.2, 0.25) is 0 Å². The van der Waals surface area contributed by atoms with Crippen LogP contribution in [0.5, 0.6) is 0 Å². The van der Waals surface area contributed by atoms with Gasteiger partial charge in [-0.25, -0.2) is 0 Å². The highest BCUT2D eigenvalue weighted by Gasteiger charge is 2.31. The Labute approximate surface area is 109 Å². The molecule has 0 radical (unpaired) electrons. The van der Waals surface area contributed by atoms with Crippen molar-refractivity contribution in [3.8, 4) is 0 Å². The summed E-state index contributed by atoms with van der Waals surface area (Å²) in [6.07, 6.45) is 2.29. The molecule has 0 aliphatic heterocycles. The molecule has 98 valence electrons. The van der Waals surface area contributed by atoms with Crippen molar-refractivity contribution in [2.24, 2.45) is 11.8 Å². The molecule has 0 heterocycles. The molecular formula is C15H22N2O. The topological polar surface area (TPSA) is 55.1 Å². The summed E-state index contributed by atoms with van der Waals surface area (Å²) < 4.78 is 0. The Morgan fingerprint density at radius 3 is 2.61 bits per heavy atom. The highest BCUT2D eigenvalue weighted by atomic mass is 16.1. The van der Waals surface area contributed by atoms with Gasteiger partial charge in [0.15, 0.2) is 0 Å². The van der Waals surface area contributed by atoms with E-state index in [1.165, 1.54) is 6.42 Å². The zero-order chi connectivity index (χ0) is 13.3. The first-order chi connectivity index (χ1) is 8.49. The second kappa shape index (κ2) is 5.01. The third kappa shape index (κ3) is 2.50. The highest BCUT2D eigenvalue weighted by Crippen LogP contribution is 2.31. The van der Waals surface area contributed by atoms with Crippen molar-refractivity contribution in [2.45, 2.75) is 39.7 Å². The number of nitrogens with one attached hydrogen (secondary N) is 1. The van der Waals surface area contributed by atoms with E-state index in [4.69, 9.17) is 5.73 Å². The van der Waals surface area contributed by atoms with Crippen molar-refractivity contribution < 1.29 is 4.79 Å². The molecule has 0 saturated heterocycles. The zero-order valence-corrected chi connectivity index (χ0v) is 11.4. The van der Waals surface area contributed by atoms with E-state index >= 15 is 0 Å². The van der Waals surface area contributed by atoms with E-state index in [0.29, 0.717) is 23.6 Å². The van der Waals surface area contributed by atoms with Gasteiger partial charge < -0.3 is 11.1 Å². The average molecular weight is 246 g/mol. The van der Waals surface area contributed by atoms with Crippen LogP contribution in [-0.2, 0) is 0 Å². The minimum atomic E-state index is 0.0263. The molecule has 0 spiro atoms. The fourth-order valence-corrected chi connectivity index (χ4v) is 2.76. The van der Waals surface area contributed by atoms with Crippen LogP contribution in [0.25, 0.3) is 0 Å². The van der Waals surface area contributed by atoms with Crippen LogP contribution in [0.1, 0.15) is 42.6 Å². The van der Waals surface area contributed by atoms with Crippen LogP contribution < -0.4 is 11.1 Å². The van der Waals surface area contributed by atoms with Crippen molar-refractivity contribution >= 4 is 11.6 Å². The quantitative estimate of drug-likeness (QED) is 0.788. The van der Waals surface area contributed by atoms with Gasteiger partial charge in [0.25, 0.3) is 5.91 Å². The lowest BCUT2D eigenvalue weighted by atomic mass is 9.97. The monoisotopic (exact) mass is 246 g/mol. The van der Waals surface area contributed by atoms with Crippen LogP contribution in [-0.4, -0.2) is 11.9 Å². The molecule has 3 unspecified atom stereocenters. The Morgan fingerprint density at radius 2 is 2.06 bits per heavy atom. The number of nitrogens with two attached hydrogens (primary N) is 1. The summed E-state index contributed by atoms with van der Waals surface area (Å²) in [7, 11) is 0. The summed E-state index contributed by atoms with van der Waals surface area (Å²) >= 11 is 0. The van der Waals surface area contributed by atoms with Gasteiger partial charge in [0, 0.05) is 17.3 Å². The van der Waals surface area contributed by atoms with Crippen molar-refractivity contribution in [3.63, 3.8) is 0 Å². The summed E-state index contributed by atoms with van der Waals surface area (Å²) in [6, 6.07) is 5.74. The maximum absolute atomic E-state index is 12.2. The predicted octanol–water partition coefficient (Wildman–Crippen LogP) is 2.74. The molecule has 2 rings (SSSR count). The van der Waals surface area contributed by atoms with Gasteiger partial charge in [-0.05, 0) is 55.4 Å². The molecule has 0 aromatic heterocycles. The Morgan fingerprint density at radius 1 is 1.33 bits per heavy atom. The molecule has 1 aliphatic rings.